The molecule has 2 heteroatoms. The van der Waals surface area contributed by atoms with Gasteiger partial charge in [0.1, 0.15) is 0 Å². The van der Waals surface area contributed by atoms with Crippen LogP contribution in [0.4, 0.5) is 17.1 Å². The minimum Gasteiger partial charge on any atom is -0.311 e. The molecule has 0 aliphatic heterocycles. The smallest absolute Gasteiger partial charge is 0.0547 e. The van der Waals surface area contributed by atoms with Crippen molar-refractivity contribution in [2.45, 2.75) is 19.3 Å². The second-order valence-corrected chi connectivity index (χ2v) is 16.5. The first kappa shape index (κ1) is 33.7. The van der Waals surface area contributed by atoms with Crippen molar-refractivity contribution >= 4 is 71.2 Å². The van der Waals surface area contributed by atoms with Gasteiger partial charge in [0, 0.05) is 44.3 Å². The largest absolute Gasteiger partial charge is 0.311 e. The number of anilines is 3. The van der Waals surface area contributed by atoms with Crippen LogP contribution in [0.15, 0.2) is 206 Å². The third kappa shape index (κ3) is 5.00. The van der Waals surface area contributed by atoms with Crippen LogP contribution in [0.2, 0.25) is 0 Å². The summed E-state index contributed by atoms with van der Waals surface area (Å²) in [6.45, 7) is 4.76. The molecule has 1 aromatic heterocycles. The number of aromatic nitrogens is 1. The van der Waals surface area contributed by atoms with Gasteiger partial charge in [-0.3, -0.25) is 0 Å². The van der Waals surface area contributed by atoms with Crippen molar-refractivity contribution < 1.29 is 0 Å². The number of hydrogen-bond donors (Lipinski definition) is 0. The summed E-state index contributed by atoms with van der Waals surface area (Å²) in [4.78, 5) is 2.31. The van der Waals surface area contributed by atoms with Gasteiger partial charge in [-0.05, 0) is 127 Å². The summed E-state index contributed by atoms with van der Waals surface area (Å²) in [6.07, 6.45) is 0. The zero-order valence-electron chi connectivity index (χ0n) is 33.0. The number of nitrogens with zero attached hydrogens (tertiary/aromatic N) is 2. The molecule has 0 radical (unpaired) electrons. The average molecular weight is 753 g/mol. The second kappa shape index (κ2) is 12.8. The Labute approximate surface area is 343 Å². The fraction of sp³-hybridized carbons (Fsp3) is 0.0526. The van der Waals surface area contributed by atoms with Gasteiger partial charge in [0.05, 0.1) is 11.0 Å². The molecule has 59 heavy (non-hydrogen) atoms. The Bertz CT molecular complexity index is 3360. The highest BCUT2D eigenvalue weighted by Crippen LogP contribution is 2.52. The zero-order chi connectivity index (χ0) is 39.2. The maximum Gasteiger partial charge on any atom is 0.0547 e. The molecule has 0 saturated heterocycles. The summed E-state index contributed by atoms with van der Waals surface area (Å²) in [5.74, 6) is 0. The van der Waals surface area contributed by atoms with E-state index in [1.54, 1.807) is 0 Å². The van der Waals surface area contributed by atoms with Gasteiger partial charge in [0.25, 0.3) is 0 Å². The van der Waals surface area contributed by atoms with E-state index in [9.17, 15) is 0 Å². The van der Waals surface area contributed by atoms with Crippen LogP contribution in [0.1, 0.15) is 25.0 Å². The van der Waals surface area contributed by atoms with E-state index in [4.69, 9.17) is 0 Å². The molecular formula is C57H40N2. The molecule has 1 heterocycles. The Kier molecular flexibility index (Phi) is 7.31. The number of rotatable bonds is 5. The van der Waals surface area contributed by atoms with Crippen LogP contribution in [-0.2, 0) is 5.41 Å². The highest BCUT2D eigenvalue weighted by Gasteiger charge is 2.36. The predicted octanol–water partition coefficient (Wildman–Crippen LogP) is 15.7. The van der Waals surface area contributed by atoms with Crippen LogP contribution < -0.4 is 4.90 Å². The molecule has 0 atom stereocenters. The number of benzene rings is 10. The summed E-state index contributed by atoms with van der Waals surface area (Å²) >= 11 is 0. The Morgan fingerprint density at radius 3 is 1.51 bits per heavy atom. The topological polar surface area (TPSA) is 8.17 Å². The van der Waals surface area contributed by atoms with E-state index >= 15 is 0 Å². The average Bonchev–Trinajstić information content (AvgIpc) is 3.74. The second-order valence-electron chi connectivity index (χ2n) is 16.5. The molecule has 2 nitrogen and oxygen atoms in total. The molecule has 278 valence electrons. The number of hydrogen-bond acceptors (Lipinski definition) is 1. The molecule has 0 spiro atoms. The van der Waals surface area contributed by atoms with E-state index in [-0.39, 0.29) is 5.41 Å². The zero-order valence-corrected chi connectivity index (χ0v) is 33.0. The first-order valence-corrected chi connectivity index (χ1v) is 20.6. The van der Waals surface area contributed by atoms with Crippen LogP contribution in [0, 0.1) is 0 Å². The third-order valence-corrected chi connectivity index (χ3v) is 13.0. The Hall–Kier alpha value is -7.42. The molecule has 1 aliphatic rings. The van der Waals surface area contributed by atoms with Crippen LogP contribution in [0.3, 0.4) is 0 Å². The third-order valence-electron chi connectivity index (χ3n) is 13.0. The summed E-state index contributed by atoms with van der Waals surface area (Å²) in [6, 6.07) is 75.9. The summed E-state index contributed by atoms with van der Waals surface area (Å²) in [5.41, 5.74) is 14.7. The minimum atomic E-state index is -0.112. The SMILES string of the molecule is CC1(C)c2ccccc2-c2cc3c4c5c6ccccc6c6ccccc6c5ccc4n(-c4ccc(-c5ccc(N(c6ccccc6)c6ccccc6)cc5)cc4)c3cc21. The monoisotopic (exact) mass is 752 g/mol. The maximum absolute atomic E-state index is 2.51. The van der Waals surface area contributed by atoms with Gasteiger partial charge in [0.2, 0.25) is 0 Å². The lowest BCUT2D eigenvalue weighted by Gasteiger charge is -2.25. The normalized spacial score (nSPS) is 13.1. The van der Waals surface area contributed by atoms with Crippen LogP contribution >= 0.6 is 0 Å². The standard InChI is InChI=1S/C57H40N2/c1-57(2)51-24-14-13-22-46(51)49-35-50-54(36-52(49)57)59(53-34-33-48-45-21-10-9-19-43(45)44-20-11-12-23-47(44)55(48)56(50)53)42-31-27-38(28-32-42)37-25-29-41(30-26-37)58(39-15-5-3-6-16-39)40-17-7-4-8-18-40/h3-36H,1-2H3. The Morgan fingerprint density at radius 2 is 0.864 bits per heavy atom. The van der Waals surface area contributed by atoms with Crippen LogP contribution in [-0.4, -0.2) is 4.57 Å². The van der Waals surface area contributed by atoms with Gasteiger partial charge in [0.15, 0.2) is 0 Å². The molecule has 0 unspecified atom stereocenters. The molecule has 11 aromatic rings. The fourth-order valence-corrected chi connectivity index (χ4v) is 10.2. The van der Waals surface area contributed by atoms with Crippen molar-refractivity contribution in [2.24, 2.45) is 0 Å². The first-order chi connectivity index (χ1) is 29.0. The lowest BCUT2D eigenvalue weighted by Crippen LogP contribution is -2.14. The molecule has 0 saturated carbocycles. The van der Waals surface area contributed by atoms with E-state index in [1.165, 1.54) is 87.5 Å². The van der Waals surface area contributed by atoms with Crippen molar-refractivity contribution in [1.29, 1.82) is 0 Å². The minimum absolute atomic E-state index is 0.112. The molecule has 0 bridgehead atoms. The van der Waals surface area contributed by atoms with Crippen molar-refractivity contribution in [3.05, 3.63) is 217 Å². The lowest BCUT2D eigenvalue weighted by atomic mass is 9.82. The van der Waals surface area contributed by atoms with Crippen LogP contribution in [0.25, 0.3) is 82.1 Å². The molecule has 0 N–H and O–H groups in total. The van der Waals surface area contributed by atoms with Gasteiger partial charge in [-0.1, -0.05) is 153 Å². The van der Waals surface area contributed by atoms with Gasteiger partial charge < -0.3 is 9.47 Å². The molecule has 1 aliphatic carbocycles. The van der Waals surface area contributed by atoms with E-state index in [0.717, 1.165) is 22.7 Å². The summed E-state index contributed by atoms with van der Waals surface area (Å²) in [7, 11) is 0. The van der Waals surface area contributed by atoms with Gasteiger partial charge in [-0.25, -0.2) is 0 Å². The van der Waals surface area contributed by atoms with E-state index in [1.807, 2.05) is 0 Å². The van der Waals surface area contributed by atoms with Crippen molar-refractivity contribution in [2.75, 3.05) is 4.90 Å². The Balaban J connectivity index is 1.05. The number of para-hydroxylation sites is 2. The van der Waals surface area contributed by atoms with Crippen molar-refractivity contribution in [3.8, 4) is 27.9 Å². The molecule has 10 aromatic carbocycles. The molecule has 12 rings (SSSR count). The van der Waals surface area contributed by atoms with Crippen molar-refractivity contribution in [3.63, 3.8) is 0 Å². The van der Waals surface area contributed by atoms with E-state index in [0.29, 0.717) is 0 Å². The van der Waals surface area contributed by atoms with Crippen molar-refractivity contribution in [1.82, 2.24) is 4.57 Å². The maximum atomic E-state index is 2.51. The lowest BCUT2D eigenvalue weighted by molar-refractivity contribution is 0.661. The van der Waals surface area contributed by atoms with E-state index < -0.39 is 0 Å². The first-order valence-electron chi connectivity index (χ1n) is 20.6. The molecular weight excluding hydrogens is 713 g/mol. The van der Waals surface area contributed by atoms with Crippen LogP contribution in [0.5, 0.6) is 0 Å². The molecule has 0 amide bonds. The summed E-state index contributed by atoms with van der Waals surface area (Å²) < 4.78 is 2.51. The highest BCUT2D eigenvalue weighted by atomic mass is 15.1. The number of fused-ring (bicyclic) bond motifs is 13. The molecule has 0 fully saturated rings. The summed E-state index contributed by atoms with van der Waals surface area (Å²) in [5, 5.41) is 10.4. The predicted molar refractivity (Wildman–Crippen MR) is 251 cm³/mol. The van der Waals surface area contributed by atoms with Gasteiger partial charge in [-0.2, -0.15) is 0 Å². The van der Waals surface area contributed by atoms with E-state index in [2.05, 4.69) is 230 Å². The van der Waals surface area contributed by atoms with Gasteiger partial charge in [-0.15, -0.1) is 0 Å². The highest BCUT2D eigenvalue weighted by molar-refractivity contribution is 6.35. The van der Waals surface area contributed by atoms with Gasteiger partial charge >= 0.3 is 0 Å². The Morgan fingerprint density at radius 1 is 0.356 bits per heavy atom. The quantitative estimate of drug-likeness (QED) is 0.159. The fourth-order valence-electron chi connectivity index (χ4n) is 10.2.